The molecule has 8 nitrogen and oxygen atoms in total. The van der Waals surface area contributed by atoms with E-state index in [1.807, 2.05) is 45.7 Å². The summed E-state index contributed by atoms with van der Waals surface area (Å²) in [5.74, 6) is -0.330. The molecule has 0 amide bonds. The van der Waals surface area contributed by atoms with Gasteiger partial charge in [0.1, 0.15) is 11.5 Å². The summed E-state index contributed by atoms with van der Waals surface area (Å²) >= 11 is 0. The highest BCUT2D eigenvalue weighted by Crippen LogP contribution is 2.46. The fraction of sp³-hybridized carbons (Fsp3) is 0.344. The van der Waals surface area contributed by atoms with E-state index in [4.69, 9.17) is 4.18 Å². The highest BCUT2D eigenvalue weighted by molar-refractivity contribution is 8.12. The zero-order valence-electron chi connectivity index (χ0n) is 24.7. The minimum absolute atomic E-state index is 0.0269. The van der Waals surface area contributed by atoms with Crippen molar-refractivity contribution in [3.8, 4) is 22.6 Å². The average molecular weight is 620 g/mol. The van der Waals surface area contributed by atoms with Gasteiger partial charge >= 0.3 is 7.27 Å². The van der Waals surface area contributed by atoms with Crippen LogP contribution in [0.5, 0.6) is 11.5 Å². The molecule has 1 aromatic heterocycles. The number of phenols is 1. The number of aromatic nitrogens is 2. The molecule has 0 aliphatic carbocycles. The van der Waals surface area contributed by atoms with Crippen LogP contribution in [0.3, 0.4) is 0 Å². The maximum Gasteiger partial charge on any atom is 0.572 e. The minimum Gasteiger partial charge on any atom is -0.507 e. The number of ketones is 1. The number of hydrogen-bond acceptors (Lipinski definition) is 7. The molecule has 2 unspecified atom stereocenters. The van der Waals surface area contributed by atoms with Crippen LogP contribution in [-0.4, -0.2) is 70.9 Å². The Hall–Kier alpha value is -3.90. The first-order valence-corrected chi connectivity index (χ1v) is 16.3. The molecule has 1 saturated heterocycles. The summed E-state index contributed by atoms with van der Waals surface area (Å²) in [5.41, 5.74) is 3.19. The number of carbonyl (C=O) groups excluding carboxylic acids is 1. The van der Waals surface area contributed by atoms with Crippen LogP contribution in [0.2, 0.25) is 0 Å². The van der Waals surface area contributed by atoms with E-state index in [1.165, 1.54) is 25.0 Å². The Labute approximate surface area is 259 Å². The molecule has 44 heavy (non-hydrogen) atoms. The lowest BCUT2D eigenvalue weighted by Crippen LogP contribution is -2.28. The third kappa shape index (κ3) is 6.46. The van der Waals surface area contributed by atoms with Crippen molar-refractivity contribution in [3.05, 3.63) is 72.6 Å². The lowest BCUT2D eigenvalue weighted by molar-refractivity contribution is -0.114. The number of aromatic hydroxyl groups is 1. The van der Waals surface area contributed by atoms with Gasteiger partial charge in [0.2, 0.25) is 0 Å². The van der Waals surface area contributed by atoms with Gasteiger partial charge in [-0.05, 0) is 69.0 Å². The SMILES string of the molecule is CCN1c2ccc(B(F)F)cc2NCC/C=C\C=C/C(=O)C2C=S1Oc1cc(O)c(-c3cnn(CCN4CCCC4)c3)cc12. The van der Waals surface area contributed by atoms with Crippen molar-refractivity contribution in [2.45, 2.75) is 38.6 Å². The standard InChI is InChI=1S/C32H36BF2N5O3S/c1-2-40-29-11-10-24(33(34)35)17-28(29)36-12-6-4-3-5-9-30(41)27-22-44(40)43-32-19-31(42)25(18-26(27)32)23-20-37-39(21-23)16-15-38-13-7-8-14-38/h3-5,9-11,17-22,27,36,42H,2,6-8,12-16H2,1H3/b4-3-,9-5-. The van der Waals surface area contributed by atoms with Gasteiger partial charge in [0.25, 0.3) is 0 Å². The first-order valence-electron chi connectivity index (χ1n) is 15.1. The second-order valence-corrected chi connectivity index (χ2v) is 12.5. The van der Waals surface area contributed by atoms with E-state index in [0.717, 1.165) is 31.7 Å². The van der Waals surface area contributed by atoms with Gasteiger partial charge in [-0.1, -0.05) is 24.3 Å². The average Bonchev–Trinajstić information content (AvgIpc) is 3.71. The molecule has 2 N–H and O–H groups in total. The van der Waals surface area contributed by atoms with Crippen LogP contribution in [0.25, 0.3) is 11.1 Å². The Morgan fingerprint density at radius 1 is 1.16 bits per heavy atom. The van der Waals surface area contributed by atoms with Crippen molar-refractivity contribution < 1.29 is 22.7 Å². The number of hydrogen-bond donors (Lipinski definition) is 2. The smallest absolute Gasteiger partial charge is 0.507 e. The molecular weight excluding hydrogens is 583 g/mol. The van der Waals surface area contributed by atoms with E-state index in [1.54, 1.807) is 30.5 Å². The van der Waals surface area contributed by atoms with Gasteiger partial charge in [-0.25, -0.2) is 0 Å². The zero-order valence-corrected chi connectivity index (χ0v) is 25.5. The molecule has 2 atom stereocenters. The summed E-state index contributed by atoms with van der Waals surface area (Å²) in [6, 6.07) is 7.96. The van der Waals surface area contributed by atoms with Crippen molar-refractivity contribution in [1.29, 1.82) is 0 Å². The molecule has 6 rings (SSSR count). The Balaban J connectivity index is 1.37. The van der Waals surface area contributed by atoms with Gasteiger partial charge in [0.05, 0.1) is 41.0 Å². The van der Waals surface area contributed by atoms with E-state index in [2.05, 4.69) is 15.3 Å². The number of fused-ring (bicyclic) bond motifs is 4. The van der Waals surface area contributed by atoms with Crippen LogP contribution in [-0.2, 0) is 11.3 Å². The summed E-state index contributed by atoms with van der Waals surface area (Å²) in [5, 5.41) is 20.9. The number of anilines is 2. The van der Waals surface area contributed by atoms with Crippen LogP contribution in [0.1, 0.15) is 37.7 Å². The molecule has 3 aliphatic heterocycles. The van der Waals surface area contributed by atoms with Crippen molar-refractivity contribution >= 4 is 46.2 Å². The first-order chi connectivity index (χ1) is 21.4. The van der Waals surface area contributed by atoms with E-state index < -0.39 is 24.1 Å². The van der Waals surface area contributed by atoms with E-state index in [0.29, 0.717) is 47.8 Å². The Kier molecular flexibility index (Phi) is 9.18. The molecule has 4 heterocycles. The number of allylic oxidation sites excluding steroid dienone is 3. The summed E-state index contributed by atoms with van der Waals surface area (Å²) in [6.45, 7) is 6.90. The van der Waals surface area contributed by atoms with Crippen molar-refractivity contribution in [1.82, 2.24) is 14.7 Å². The zero-order chi connectivity index (χ0) is 30.6. The van der Waals surface area contributed by atoms with Crippen molar-refractivity contribution in [3.63, 3.8) is 0 Å². The third-order valence-electron chi connectivity index (χ3n) is 8.17. The van der Waals surface area contributed by atoms with Gasteiger partial charge in [0, 0.05) is 54.0 Å². The first kappa shape index (κ1) is 30.1. The second-order valence-electron chi connectivity index (χ2n) is 11.1. The summed E-state index contributed by atoms with van der Waals surface area (Å²) < 4.78 is 37.5. The molecule has 0 radical (unpaired) electrons. The predicted molar refractivity (Wildman–Crippen MR) is 175 cm³/mol. The second kappa shape index (κ2) is 13.4. The van der Waals surface area contributed by atoms with Gasteiger partial charge in [-0.3, -0.25) is 22.4 Å². The minimum atomic E-state index is -2.60. The van der Waals surface area contributed by atoms with Crippen molar-refractivity contribution in [2.24, 2.45) is 0 Å². The molecule has 0 spiro atoms. The van der Waals surface area contributed by atoms with Crippen molar-refractivity contribution in [2.75, 3.05) is 42.3 Å². The molecule has 230 valence electrons. The van der Waals surface area contributed by atoms with Gasteiger partial charge in [-0.15, -0.1) is 0 Å². The van der Waals surface area contributed by atoms with Gasteiger partial charge in [0.15, 0.2) is 5.78 Å². The molecule has 1 fully saturated rings. The van der Waals surface area contributed by atoms with Crippen LogP contribution < -0.4 is 19.3 Å². The largest absolute Gasteiger partial charge is 0.572 e. The monoisotopic (exact) mass is 619 g/mol. The summed E-state index contributed by atoms with van der Waals surface area (Å²) in [6.07, 6.45) is 13.8. The van der Waals surface area contributed by atoms with E-state index in [-0.39, 0.29) is 17.0 Å². The molecule has 2 bridgehead atoms. The predicted octanol–water partition coefficient (Wildman–Crippen LogP) is 5.39. The lowest BCUT2D eigenvalue weighted by atomic mass is 9.85. The Bertz CT molecular complexity index is 1620. The Morgan fingerprint density at radius 3 is 2.80 bits per heavy atom. The van der Waals surface area contributed by atoms with E-state index >= 15 is 0 Å². The number of halogens is 2. The molecule has 2 aromatic carbocycles. The van der Waals surface area contributed by atoms with Crippen LogP contribution >= 0.6 is 11.0 Å². The maximum absolute atomic E-state index is 13.7. The number of rotatable bonds is 6. The number of carbonyl (C=O) groups is 1. The molecule has 12 heteroatoms. The van der Waals surface area contributed by atoms with Gasteiger partial charge < -0.3 is 19.5 Å². The molecule has 0 saturated carbocycles. The molecule has 3 aromatic rings. The quantitative estimate of drug-likeness (QED) is 0.283. The third-order valence-corrected chi connectivity index (χ3v) is 9.91. The van der Waals surface area contributed by atoms with E-state index in [9.17, 15) is 18.5 Å². The fourth-order valence-electron chi connectivity index (χ4n) is 5.82. The number of nitrogens with zero attached hydrogens (tertiary/aromatic N) is 4. The lowest BCUT2D eigenvalue weighted by Gasteiger charge is -2.33. The highest BCUT2D eigenvalue weighted by atomic mass is 32.2. The number of phenolic OH excluding ortho intramolecular Hbond substituents is 1. The highest BCUT2D eigenvalue weighted by Gasteiger charge is 2.31. The van der Waals surface area contributed by atoms with Crippen LogP contribution in [0, 0.1) is 0 Å². The number of benzene rings is 2. The van der Waals surface area contributed by atoms with Crippen LogP contribution in [0.4, 0.5) is 20.0 Å². The maximum atomic E-state index is 13.7. The van der Waals surface area contributed by atoms with Gasteiger partial charge in [-0.2, -0.15) is 5.10 Å². The Morgan fingerprint density at radius 2 is 2.00 bits per heavy atom. The number of nitrogens with one attached hydrogen (secondary N) is 1. The normalized spacial score (nSPS) is 21.7. The topological polar surface area (TPSA) is 82.9 Å². The molecule has 3 aliphatic rings. The fourth-order valence-corrected chi connectivity index (χ4v) is 7.56. The van der Waals surface area contributed by atoms with Crippen LogP contribution in [0.15, 0.2) is 67.0 Å². The summed E-state index contributed by atoms with van der Waals surface area (Å²) in [4.78, 5) is 16.1. The summed E-state index contributed by atoms with van der Waals surface area (Å²) in [7, 11) is -3.65. The molecular formula is C32H36BF2N5O3S. The number of likely N-dealkylation sites (tertiary alicyclic amines) is 1.